The number of carbonyl (C=O) groups excluding carboxylic acids is 1. The lowest BCUT2D eigenvalue weighted by atomic mass is 9.81. The number of benzene rings is 4. The summed E-state index contributed by atoms with van der Waals surface area (Å²) < 4.78 is 0. The van der Waals surface area contributed by atoms with E-state index in [-0.39, 0.29) is 5.91 Å². The molecule has 0 saturated carbocycles. The molecule has 0 saturated heterocycles. The zero-order chi connectivity index (χ0) is 22.0. The maximum absolute atomic E-state index is 14.5. The first-order chi connectivity index (χ1) is 16.3. The summed E-state index contributed by atoms with van der Waals surface area (Å²) in [6.07, 6.45) is 0.948. The number of para-hydroxylation sites is 3. The molecule has 1 atom stereocenters. The van der Waals surface area contributed by atoms with Gasteiger partial charge in [0.2, 0.25) is 0 Å². The van der Waals surface area contributed by atoms with Crippen LogP contribution in [0.1, 0.15) is 22.3 Å². The summed E-state index contributed by atoms with van der Waals surface area (Å²) in [6, 6.07) is 34.6. The van der Waals surface area contributed by atoms with Crippen LogP contribution in [0.4, 0.5) is 17.1 Å². The minimum Gasteiger partial charge on any atom is -0.325 e. The van der Waals surface area contributed by atoms with Crippen molar-refractivity contribution in [3.63, 3.8) is 0 Å². The van der Waals surface area contributed by atoms with Gasteiger partial charge in [0, 0.05) is 28.9 Å². The third kappa shape index (κ3) is 2.35. The van der Waals surface area contributed by atoms with Gasteiger partial charge in [-0.15, -0.1) is 0 Å². The van der Waals surface area contributed by atoms with Gasteiger partial charge >= 0.3 is 0 Å². The average Bonchev–Trinajstić information content (AvgIpc) is 3.41. The molecule has 0 N–H and O–H groups in total. The van der Waals surface area contributed by atoms with Crippen LogP contribution in [0.25, 0.3) is 0 Å². The highest BCUT2D eigenvalue weighted by molar-refractivity contribution is 6.21. The van der Waals surface area contributed by atoms with E-state index in [9.17, 15) is 4.79 Å². The van der Waals surface area contributed by atoms with Crippen LogP contribution < -0.4 is 9.80 Å². The quantitative estimate of drug-likeness (QED) is 0.428. The van der Waals surface area contributed by atoms with E-state index in [1.165, 1.54) is 5.56 Å². The molecule has 3 aliphatic heterocycles. The molecular formula is C29H21N3O. The van der Waals surface area contributed by atoms with Crippen molar-refractivity contribution in [3.8, 4) is 0 Å². The van der Waals surface area contributed by atoms with Crippen molar-refractivity contribution in [2.75, 3.05) is 16.3 Å². The molecule has 33 heavy (non-hydrogen) atoms. The van der Waals surface area contributed by atoms with Gasteiger partial charge in [0.05, 0.1) is 11.4 Å². The van der Waals surface area contributed by atoms with Crippen molar-refractivity contribution in [3.05, 3.63) is 125 Å². The lowest BCUT2D eigenvalue weighted by Gasteiger charge is -2.37. The average molecular weight is 428 g/mol. The molecule has 7 rings (SSSR count). The Morgan fingerprint density at radius 1 is 0.727 bits per heavy atom. The Kier molecular flexibility index (Phi) is 3.71. The van der Waals surface area contributed by atoms with Gasteiger partial charge in [-0.05, 0) is 30.2 Å². The van der Waals surface area contributed by atoms with Gasteiger partial charge in [-0.1, -0.05) is 84.9 Å². The van der Waals surface area contributed by atoms with Crippen molar-refractivity contribution < 1.29 is 4.79 Å². The Morgan fingerprint density at radius 2 is 1.42 bits per heavy atom. The van der Waals surface area contributed by atoms with Gasteiger partial charge in [-0.25, -0.2) is 4.99 Å². The van der Waals surface area contributed by atoms with Crippen LogP contribution in [0, 0.1) is 0 Å². The number of fused-ring (bicyclic) bond motifs is 3. The van der Waals surface area contributed by atoms with Crippen LogP contribution in [0.5, 0.6) is 0 Å². The molecule has 1 unspecified atom stereocenters. The second-order valence-electron chi connectivity index (χ2n) is 8.72. The fourth-order valence-electron chi connectivity index (χ4n) is 5.61. The fraction of sp³-hybridized carbons (Fsp3) is 0.103. The summed E-state index contributed by atoms with van der Waals surface area (Å²) in [4.78, 5) is 24.0. The van der Waals surface area contributed by atoms with E-state index < -0.39 is 5.54 Å². The SMILES string of the molecule is O=C1N(c2ccccc2)c2ccccc2C12N=C(c1ccccc1)N1CCc3cccc2c31. The van der Waals surface area contributed by atoms with E-state index in [1.807, 2.05) is 71.6 Å². The Morgan fingerprint density at radius 3 is 2.24 bits per heavy atom. The molecule has 1 amide bonds. The highest BCUT2D eigenvalue weighted by Crippen LogP contribution is 2.55. The van der Waals surface area contributed by atoms with E-state index in [1.54, 1.807) is 0 Å². The number of amides is 1. The zero-order valence-corrected chi connectivity index (χ0v) is 18.0. The normalized spacial score (nSPS) is 20.1. The van der Waals surface area contributed by atoms with Gasteiger partial charge in [0.1, 0.15) is 5.84 Å². The smallest absolute Gasteiger partial charge is 0.268 e. The predicted molar refractivity (Wildman–Crippen MR) is 131 cm³/mol. The molecule has 3 aliphatic rings. The first-order valence-corrected chi connectivity index (χ1v) is 11.3. The van der Waals surface area contributed by atoms with Crippen molar-refractivity contribution in [1.29, 1.82) is 0 Å². The second kappa shape index (κ2) is 6.66. The number of hydrogen-bond donors (Lipinski definition) is 0. The Hall–Kier alpha value is -4.18. The lowest BCUT2D eigenvalue weighted by molar-refractivity contribution is -0.121. The number of aliphatic imine (C=N–C) groups is 1. The molecule has 0 bridgehead atoms. The molecular weight excluding hydrogens is 406 g/mol. The summed E-state index contributed by atoms with van der Waals surface area (Å²) in [6.45, 7) is 0.869. The third-order valence-electron chi connectivity index (χ3n) is 7.01. The minimum atomic E-state index is -1.11. The van der Waals surface area contributed by atoms with Crippen LogP contribution in [0.2, 0.25) is 0 Å². The summed E-state index contributed by atoms with van der Waals surface area (Å²) >= 11 is 0. The summed E-state index contributed by atoms with van der Waals surface area (Å²) in [5, 5.41) is 0. The van der Waals surface area contributed by atoms with E-state index in [4.69, 9.17) is 4.99 Å². The van der Waals surface area contributed by atoms with E-state index in [0.29, 0.717) is 0 Å². The van der Waals surface area contributed by atoms with Crippen LogP contribution in [-0.2, 0) is 16.8 Å². The van der Waals surface area contributed by atoms with Crippen LogP contribution in [0.15, 0.2) is 108 Å². The monoisotopic (exact) mass is 427 g/mol. The van der Waals surface area contributed by atoms with Crippen molar-refractivity contribution in [2.24, 2.45) is 4.99 Å². The molecule has 0 radical (unpaired) electrons. The molecule has 0 aromatic heterocycles. The number of carbonyl (C=O) groups is 1. The lowest BCUT2D eigenvalue weighted by Crippen LogP contribution is -2.46. The molecule has 0 fully saturated rings. The van der Waals surface area contributed by atoms with E-state index in [0.717, 1.165) is 52.6 Å². The molecule has 1 spiro atoms. The van der Waals surface area contributed by atoms with Crippen molar-refractivity contribution in [1.82, 2.24) is 0 Å². The van der Waals surface area contributed by atoms with Gasteiger partial charge in [-0.2, -0.15) is 0 Å². The predicted octanol–water partition coefficient (Wildman–Crippen LogP) is 5.43. The standard InChI is InChI=1S/C29H21N3O/c33-28-29(23-15-7-8-17-25(23)32(28)22-13-5-2-6-14-22)24-16-9-12-20-18-19-31(26(20)24)27(30-29)21-10-3-1-4-11-21/h1-17H,18-19H2. The van der Waals surface area contributed by atoms with Gasteiger partial charge in [0.15, 0.2) is 5.54 Å². The largest absolute Gasteiger partial charge is 0.325 e. The van der Waals surface area contributed by atoms with Gasteiger partial charge in [-0.3, -0.25) is 9.69 Å². The molecule has 4 aromatic carbocycles. The van der Waals surface area contributed by atoms with E-state index in [2.05, 4.69) is 41.3 Å². The van der Waals surface area contributed by atoms with Crippen LogP contribution in [0.3, 0.4) is 0 Å². The van der Waals surface area contributed by atoms with Crippen molar-refractivity contribution >= 4 is 28.8 Å². The maximum Gasteiger partial charge on any atom is 0.268 e. The van der Waals surface area contributed by atoms with Crippen molar-refractivity contribution in [2.45, 2.75) is 12.0 Å². The maximum atomic E-state index is 14.5. The number of amidine groups is 1. The summed E-state index contributed by atoms with van der Waals surface area (Å²) in [5.41, 5.74) is 6.02. The third-order valence-corrected chi connectivity index (χ3v) is 7.01. The molecule has 0 aliphatic carbocycles. The summed E-state index contributed by atoms with van der Waals surface area (Å²) in [7, 11) is 0. The summed E-state index contributed by atoms with van der Waals surface area (Å²) in [5.74, 6) is 0.842. The number of hydrogen-bond acceptors (Lipinski definition) is 3. The number of nitrogens with zero attached hydrogens (tertiary/aromatic N) is 3. The highest BCUT2D eigenvalue weighted by Gasteiger charge is 2.57. The van der Waals surface area contributed by atoms with Crippen LogP contribution >= 0.6 is 0 Å². The zero-order valence-electron chi connectivity index (χ0n) is 18.0. The second-order valence-corrected chi connectivity index (χ2v) is 8.72. The first kappa shape index (κ1) is 18.4. The Balaban J connectivity index is 1.57. The molecule has 158 valence electrons. The Labute approximate surface area is 192 Å². The van der Waals surface area contributed by atoms with Gasteiger partial charge in [0.25, 0.3) is 5.91 Å². The molecule has 4 heteroatoms. The first-order valence-electron chi connectivity index (χ1n) is 11.3. The molecule has 3 heterocycles. The topological polar surface area (TPSA) is 35.9 Å². The minimum absolute atomic E-state index is 0.0247. The molecule has 4 nitrogen and oxygen atoms in total. The fourth-order valence-corrected chi connectivity index (χ4v) is 5.61. The van der Waals surface area contributed by atoms with Gasteiger partial charge < -0.3 is 4.90 Å². The Bertz CT molecular complexity index is 1440. The number of anilines is 3. The molecule has 4 aromatic rings. The van der Waals surface area contributed by atoms with Crippen LogP contribution in [-0.4, -0.2) is 18.3 Å². The van der Waals surface area contributed by atoms with E-state index >= 15 is 0 Å². The highest BCUT2D eigenvalue weighted by atomic mass is 16.2. The number of rotatable bonds is 2.